The second-order valence-corrected chi connectivity index (χ2v) is 13.6. The molecule has 1 saturated carbocycles. The van der Waals surface area contributed by atoms with E-state index < -0.39 is 22.2 Å². The van der Waals surface area contributed by atoms with Crippen LogP contribution < -0.4 is 15.4 Å². The normalized spacial score (nSPS) is 21.1. The van der Waals surface area contributed by atoms with Crippen LogP contribution in [0.2, 0.25) is 0 Å². The van der Waals surface area contributed by atoms with Gasteiger partial charge in [0.25, 0.3) is 0 Å². The summed E-state index contributed by atoms with van der Waals surface area (Å²) >= 11 is 0. The summed E-state index contributed by atoms with van der Waals surface area (Å²) in [5.74, 6) is 0.138. The van der Waals surface area contributed by atoms with Crippen LogP contribution >= 0.6 is 0 Å². The van der Waals surface area contributed by atoms with Crippen LogP contribution in [0.4, 0.5) is 10.5 Å². The molecule has 42 heavy (non-hydrogen) atoms. The fourth-order valence-electron chi connectivity index (χ4n) is 5.67. The fourth-order valence-corrected chi connectivity index (χ4v) is 7.14. The van der Waals surface area contributed by atoms with Crippen molar-refractivity contribution in [2.24, 2.45) is 5.92 Å². The van der Waals surface area contributed by atoms with E-state index in [2.05, 4.69) is 15.8 Å². The van der Waals surface area contributed by atoms with Crippen molar-refractivity contribution >= 4 is 27.6 Å². The average Bonchev–Trinajstić information content (AvgIpc) is 3.31. The largest absolute Gasteiger partial charge is 0.488 e. The number of carbonyl (C=O) groups is 2. The van der Waals surface area contributed by atoms with Gasteiger partial charge in [0.1, 0.15) is 22.4 Å². The lowest BCUT2D eigenvalue weighted by Crippen LogP contribution is -2.48. The molecular weight excluding hydrogens is 562 g/mol. The Morgan fingerprint density at radius 3 is 2.60 bits per heavy atom. The maximum Gasteiger partial charge on any atom is 0.319 e. The Balaban J connectivity index is 1.61. The second-order valence-electron chi connectivity index (χ2n) is 11.6. The van der Waals surface area contributed by atoms with Crippen LogP contribution in [0.15, 0.2) is 27.6 Å². The average molecular weight is 606 g/mol. The van der Waals surface area contributed by atoms with E-state index >= 15 is 0 Å². The molecule has 1 aliphatic heterocycles. The Morgan fingerprint density at radius 2 is 1.95 bits per heavy atom. The number of aryl methyl sites for hydroxylation is 2. The van der Waals surface area contributed by atoms with Gasteiger partial charge in [-0.25, -0.2) is 13.2 Å². The number of aromatic nitrogens is 1. The van der Waals surface area contributed by atoms with Gasteiger partial charge in [-0.2, -0.15) is 4.31 Å². The van der Waals surface area contributed by atoms with Crippen LogP contribution in [-0.4, -0.2) is 84.8 Å². The molecule has 2 aromatic rings. The Labute approximate surface area is 247 Å². The van der Waals surface area contributed by atoms with Crippen LogP contribution in [0.5, 0.6) is 5.75 Å². The minimum atomic E-state index is -3.94. The van der Waals surface area contributed by atoms with E-state index in [1.54, 1.807) is 43.9 Å². The van der Waals surface area contributed by atoms with E-state index in [9.17, 15) is 23.1 Å². The first-order chi connectivity index (χ1) is 19.9. The minimum absolute atomic E-state index is 0.00761. The molecule has 0 spiro atoms. The van der Waals surface area contributed by atoms with E-state index in [4.69, 9.17) is 9.26 Å². The van der Waals surface area contributed by atoms with Gasteiger partial charge in [-0.3, -0.25) is 4.79 Å². The third-order valence-electron chi connectivity index (χ3n) is 8.19. The van der Waals surface area contributed by atoms with Crippen molar-refractivity contribution in [1.82, 2.24) is 19.7 Å². The highest BCUT2D eigenvalue weighted by Crippen LogP contribution is 2.30. The van der Waals surface area contributed by atoms with Gasteiger partial charge in [-0.1, -0.05) is 31.3 Å². The van der Waals surface area contributed by atoms with Gasteiger partial charge >= 0.3 is 6.03 Å². The lowest BCUT2D eigenvalue weighted by atomic mass is 9.96. The van der Waals surface area contributed by atoms with Crippen LogP contribution in [-0.2, 0) is 21.2 Å². The summed E-state index contributed by atoms with van der Waals surface area (Å²) in [5.41, 5.74) is 1.34. The molecule has 1 fully saturated rings. The Kier molecular flexibility index (Phi) is 10.2. The number of nitrogens with zero attached hydrogens (tertiary/aromatic N) is 3. The Morgan fingerprint density at radius 1 is 1.24 bits per heavy atom. The lowest BCUT2D eigenvalue weighted by Gasteiger charge is -2.33. The van der Waals surface area contributed by atoms with Crippen molar-refractivity contribution in [3.63, 3.8) is 0 Å². The zero-order valence-electron chi connectivity index (χ0n) is 25.1. The number of ether oxygens (including phenoxy) is 1. The van der Waals surface area contributed by atoms with Crippen molar-refractivity contribution in [1.29, 1.82) is 0 Å². The van der Waals surface area contributed by atoms with E-state index in [1.165, 1.54) is 17.8 Å². The SMILES string of the molecule is Cc1noc(C)c1S(=O)(=O)N(C)C[C@H]1Oc2ccc(NC(=O)NC3CCCCC3)cc2CC(=O)N([C@H](C)CO)C[C@H]1C. The monoisotopic (exact) mass is 605 g/mol. The van der Waals surface area contributed by atoms with E-state index in [1.807, 2.05) is 6.92 Å². The zero-order valence-corrected chi connectivity index (χ0v) is 25.9. The third kappa shape index (κ3) is 7.24. The molecule has 3 amide bonds. The fraction of sp³-hybridized carbons (Fsp3) is 0.621. The van der Waals surface area contributed by atoms with E-state index in [0.717, 1.165) is 25.7 Å². The number of benzene rings is 1. The number of sulfonamides is 1. The summed E-state index contributed by atoms with van der Waals surface area (Å²) < 4.78 is 39.7. The van der Waals surface area contributed by atoms with Crippen LogP contribution in [0.25, 0.3) is 0 Å². The van der Waals surface area contributed by atoms with E-state index in [0.29, 0.717) is 17.0 Å². The first kappa shape index (κ1) is 31.8. The number of nitrogens with one attached hydrogen (secondary N) is 2. The Bertz CT molecular complexity index is 1350. The number of hydrogen-bond acceptors (Lipinski definition) is 8. The van der Waals surface area contributed by atoms with Gasteiger partial charge in [0, 0.05) is 36.8 Å². The van der Waals surface area contributed by atoms with Crippen molar-refractivity contribution in [3.8, 4) is 5.75 Å². The summed E-state index contributed by atoms with van der Waals surface area (Å²) in [4.78, 5) is 27.8. The van der Waals surface area contributed by atoms with Gasteiger partial charge in [-0.15, -0.1) is 0 Å². The highest BCUT2D eigenvalue weighted by atomic mass is 32.2. The van der Waals surface area contributed by atoms with Crippen LogP contribution in [0, 0.1) is 19.8 Å². The number of hydrogen-bond donors (Lipinski definition) is 3. The predicted molar refractivity (Wildman–Crippen MR) is 157 cm³/mol. The molecule has 1 aromatic carbocycles. The molecule has 232 valence electrons. The van der Waals surface area contributed by atoms with Crippen molar-refractivity contribution in [2.45, 2.75) is 89.3 Å². The molecule has 0 bridgehead atoms. The Hall–Kier alpha value is -3.16. The minimum Gasteiger partial charge on any atom is -0.488 e. The molecule has 3 atom stereocenters. The van der Waals surface area contributed by atoms with Gasteiger partial charge in [0.2, 0.25) is 15.9 Å². The number of fused-ring (bicyclic) bond motifs is 1. The predicted octanol–water partition coefficient (Wildman–Crippen LogP) is 3.22. The first-order valence-corrected chi connectivity index (χ1v) is 16.0. The quantitative estimate of drug-likeness (QED) is 0.415. The molecule has 4 rings (SSSR count). The van der Waals surface area contributed by atoms with E-state index in [-0.39, 0.29) is 66.4 Å². The standard InChI is InChI=1S/C29H43N5O7S/c1-18-15-34(19(2)17-35)27(36)14-22-13-24(31-29(37)30-23-9-7-6-8-10-23)11-12-25(22)40-26(18)16-33(5)42(38,39)28-20(3)32-41-21(28)4/h11-13,18-19,23,26,35H,6-10,14-17H2,1-5H3,(H2,30,31,37)/t18-,19-,26-/m1/s1. The summed E-state index contributed by atoms with van der Waals surface area (Å²) in [6.45, 7) is 6.81. The van der Waals surface area contributed by atoms with Crippen molar-refractivity contribution in [3.05, 3.63) is 35.2 Å². The van der Waals surface area contributed by atoms with Crippen LogP contribution in [0.1, 0.15) is 63.0 Å². The number of urea groups is 1. The molecular formula is C29H43N5O7S. The number of carbonyl (C=O) groups excluding carboxylic acids is 2. The highest BCUT2D eigenvalue weighted by molar-refractivity contribution is 7.89. The smallest absolute Gasteiger partial charge is 0.319 e. The summed E-state index contributed by atoms with van der Waals surface area (Å²) in [6.07, 6.45) is 4.65. The van der Waals surface area contributed by atoms with Crippen LogP contribution in [0.3, 0.4) is 0 Å². The third-order valence-corrected chi connectivity index (χ3v) is 10.3. The van der Waals surface area contributed by atoms with Crippen molar-refractivity contribution < 1.29 is 32.4 Å². The number of rotatable bonds is 8. The molecule has 1 aromatic heterocycles. The number of aliphatic hydroxyl groups is 1. The summed E-state index contributed by atoms with van der Waals surface area (Å²) in [7, 11) is -2.47. The number of anilines is 1. The molecule has 0 saturated heterocycles. The topological polar surface area (TPSA) is 154 Å². The van der Waals surface area contributed by atoms with Gasteiger partial charge in [0.15, 0.2) is 5.76 Å². The molecule has 12 nitrogen and oxygen atoms in total. The highest BCUT2D eigenvalue weighted by Gasteiger charge is 2.35. The summed E-state index contributed by atoms with van der Waals surface area (Å²) in [5, 5.41) is 19.6. The first-order valence-electron chi connectivity index (χ1n) is 14.6. The second kappa shape index (κ2) is 13.4. The van der Waals surface area contributed by atoms with Crippen molar-refractivity contribution in [2.75, 3.05) is 32.1 Å². The molecule has 13 heteroatoms. The molecule has 3 N–H and O–H groups in total. The number of amides is 3. The zero-order chi connectivity index (χ0) is 30.6. The maximum atomic E-state index is 13.5. The maximum absolute atomic E-state index is 13.5. The molecule has 1 aliphatic carbocycles. The summed E-state index contributed by atoms with van der Waals surface area (Å²) in [6, 6.07) is 4.52. The number of likely N-dealkylation sites (N-methyl/N-ethyl adjacent to an activating group) is 1. The number of aliphatic hydroxyl groups excluding tert-OH is 1. The molecule has 0 unspecified atom stereocenters. The molecule has 0 radical (unpaired) electrons. The van der Waals surface area contributed by atoms with Gasteiger partial charge in [0.05, 0.1) is 25.6 Å². The van der Waals surface area contributed by atoms with Gasteiger partial charge in [-0.05, 0) is 51.8 Å². The lowest BCUT2D eigenvalue weighted by molar-refractivity contribution is -0.134. The van der Waals surface area contributed by atoms with Gasteiger partial charge < -0.3 is 29.9 Å². The molecule has 2 aliphatic rings. The molecule has 2 heterocycles.